The number of thiazole rings is 1. The van der Waals surface area contributed by atoms with E-state index in [0.717, 1.165) is 45.9 Å². The van der Waals surface area contributed by atoms with E-state index in [0.29, 0.717) is 5.92 Å². The maximum atomic E-state index is 5.39. The van der Waals surface area contributed by atoms with E-state index in [1.165, 1.54) is 15.6 Å². The van der Waals surface area contributed by atoms with Gasteiger partial charge in [0.25, 0.3) is 0 Å². The zero-order chi connectivity index (χ0) is 13.7. The molecule has 1 saturated heterocycles. The van der Waals surface area contributed by atoms with Gasteiger partial charge in [0.05, 0.1) is 25.5 Å². The van der Waals surface area contributed by atoms with Crippen LogP contribution in [0, 0.1) is 0 Å². The van der Waals surface area contributed by atoms with Crippen molar-refractivity contribution in [3.05, 3.63) is 15.6 Å². The number of morpholine rings is 1. The van der Waals surface area contributed by atoms with Crippen LogP contribution < -0.4 is 5.32 Å². The Hall–Kier alpha value is -0.490. The zero-order valence-corrected chi connectivity index (χ0v) is 13.1. The Bertz CT molecular complexity index is 386. The van der Waals surface area contributed by atoms with E-state index in [9.17, 15) is 0 Å². The van der Waals surface area contributed by atoms with E-state index in [1.54, 1.807) is 0 Å². The molecule has 0 amide bonds. The van der Waals surface area contributed by atoms with Gasteiger partial charge in [-0.3, -0.25) is 4.90 Å². The summed E-state index contributed by atoms with van der Waals surface area (Å²) in [5, 5.41) is 4.66. The van der Waals surface area contributed by atoms with Crippen LogP contribution in [0.25, 0.3) is 0 Å². The Kier molecular flexibility index (Phi) is 5.76. The first-order chi connectivity index (χ1) is 9.20. The van der Waals surface area contributed by atoms with Crippen molar-refractivity contribution in [3.8, 4) is 0 Å². The minimum Gasteiger partial charge on any atom is -0.379 e. The number of rotatable bonds is 6. The third-order valence-electron chi connectivity index (χ3n) is 3.32. The molecule has 0 atom stereocenters. The van der Waals surface area contributed by atoms with Gasteiger partial charge in [0.1, 0.15) is 5.01 Å². The molecule has 0 aliphatic carbocycles. The van der Waals surface area contributed by atoms with Gasteiger partial charge in [-0.05, 0) is 12.5 Å². The molecule has 2 heterocycles. The van der Waals surface area contributed by atoms with Gasteiger partial charge in [0.2, 0.25) is 0 Å². The number of nitrogens with one attached hydrogen (secondary N) is 1. The van der Waals surface area contributed by atoms with E-state index >= 15 is 0 Å². The van der Waals surface area contributed by atoms with Gasteiger partial charge in [-0.15, -0.1) is 11.3 Å². The summed E-state index contributed by atoms with van der Waals surface area (Å²) in [6.07, 6.45) is 0. The summed E-state index contributed by atoms with van der Waals surface area (Å²) in [6.45, 7) is 13.3. The summed E-state index contributed by atoms with van der Waals surface area (Å²) in [4.78, 5) is 8.69. The number of hydrogen-bond donors (Lipinski definition) is 1. The van der Waals surface area contributed by atoms with Crippen LogP contribution in [-0.2, 0) is 17.8 Å². The topological polar surface area (TPSA) is 37.4 Å². The van der Waals surface area contributed by atoms with Crippen molar-refractivity contribution < 1.29 is 4.74 Å². The summed E-state index contributed by atoms with van der Waals surface area (Å²) in [7, 11) is 0. The molecule has 2 rings (SSSR count). The van der Waals surface area contributed by atoms with Crippen LogP contribution >= 0.6 is 11.3 Å². The van der Waals surface area contributed by atoms with Crippen LogP contribution in [0.3, 0.4) is 0 Å². The van der Waals surface area contributed by atoms with Crippen molar-refractivity contribution in [2.75, 3.05) is 32.8 Å². The first-order valence-corrected chi connectivity index (χ1v) is 8.01. The lowest BCUT2D eigenvalue weighted by atomic mass is 10.1. The van der Waals surface area contributed by atoms with E-state index in [4.69, 9.17) is 9.72 Å². The smallest absolute Gasteiger partial charge is 0.107 e. The Labute approximate surface area is 120 Å². The summed E-state index contributed by atoms with van der Waals surface area (Å²) >= 11 is 1.87. The predicted octanol–water partition coefficient (Wildman–Crippen LogP) is 2.21. The SMILES string of the molecule is CCNCc1sc(CN2CCOCC2)nc1C(C)C. The molecule has 1 aliphatic rings. The molecule has 1 fully saturated rings. The normalized spacial score (nSPS) is 17.3. The maximum Gasteiger partial charge on any atom is 0.107 e. The minimum atomic E-state index is 0.503. The van der Waals surface area contributed by atoms with Crippen molar-refractivity contribution in [1.29, 1.82) is 0 Å². The van der Waals surface area contributed by atoms with E-state index < -0.39 is 0 Å². The second kappa shape index (κ2) is 7.33. The third kappa shape index (κ3) is 4.24. The number of hydrogen-bond acceptors (Lipinski definition) is 5. The van der Waals surface area contributed by atoms with Gasteiger partial charge in [-0.1, -0.05) is 20.8 Å². The van der Waals surface area contributed by atoms with Crippen LogP contribution in [0.4, 0.5) is 0 Å². The first-order valence-electron chi connectivity index (χ1n) is 7.20. The van der Waals surface area contributed by atoms with E-state index in [1.807, 2.05) is 11.3 Å². The van der Waals surface area contributed by atoms with Gasteiger partial charge < -0.3 is 10.1 Å². The van der Waals surface area contributed by atoms with Crippen molar-refractivity contribution in [2.24, 2.45) is 0 Å². The summed E-state index contributed by atoms with van der Waals surface area (Å²) in [6, 6.07) is 0. The zero-order valence-electron chi connectivity index (χ0n) is 12.2. The number of ether oxygens (including phenoxy) is 1. The monoisotopic (exact) mass is 283 g/mol. The molecule has 1 aromatic heterocycles. The Morgan fingerprint density at radius 1 is 1.37 bits per heavy atom. The summed E-state index contributed by atoms with van der Waals surface area (Å²) in [5.74, 6) is 0.503. The number of aromatic nitrogens is 1. The molecule has 4 nitrogen and oxygen atoms in total. The van der Waals surface area contributed by atoms with Crippen LogP contribution in [0.15, 0.2) is 0 Å². The van der Waals surface area contributed by atoms with Crippen LogP contribution in [0.2, 0.25) is 0 Å². The van der Waals surface area contributed by atoms with E-state index in [2.05, 4.69) is 31.0 Å². The maximum absolute atomic E-state index is 5.39. The van der Waals surface area contributed by atoms with Crippen molar-refractivity contribution in [1.82, 2.24) is 15.2 Å². The molecule has 0 bridgehead atoms. The molecular weight excluding hydrogens is 258 g/mol. The fraction of sp³-hybridized carbons (Fsp3) is 0.786. The fourth-order valence-corrected chi connectivity index (χ4v) is 3.48. The van der Waals surface area contributed by atoms with Crippen LogP contribution in [0.5, 0.6) is 0 Å². The lowest BCUT2D eigenvalue weighted by molar-refractivity contribution is 0.0341. The van der Waals surface area contributed by atoms with Crippen molar-refractivity contribution in [2.45, 2.75) is 39.8 Å². The molecule has 19 heavy (non-hydrogen) atoms. The largest absolute Gasteiger partial charge is 0.379 e. The van der Waals surface area contributed by atoms with E-state index in [-0.39, 0.29) is 0 Å². The Balaban J connectivity index is 2.03. The fourth-order valence-electron chi connectivity index (χ4n) is 2.25. The molecule has 0 aromatic carbocycles. The standard InChI is InChI=1S/C14H25N3OS/c1-4-15-9-12-14(11(2)3)16-13(19-12)10-17-5-7-18-8-6-17/h11,15H,4-10H2,1-3H3. The third-order valence-corrected chi connectivity index (χ3v) is 4.37. The Morgan fingerprint density at radius 3 is 2.74 bits per heavy atom. The minimum absolute atomic E-state index is 0.503. The van der Waals surface area contributed by atoms with Gasteiger partial charge >= 0.3 is 0 Å². The molecule has 1 aromatic rings. The molecule has 1 aliphatic heterocycles. The Morgan fingerprint density at radius 2 is 2.11 bits per heavy atom. The molecule has 0 radical (unpaired) electrons. The molecule has 108 valence electrons. The van der Waals surface area contributed by atoms with Gasteiger partial charge in [-0.25, -0.2) is 4.98 Å². The number of nitrogens with zero attached hydrogens (tertiary/aromatic N) is 2. The highest BCUT2D eigenvalue weighted by Crippen LogP contribution is 2.26. The summed E-state index contributed by atoms with van der Waals surface area (Å²) < 4.78 is 5.39. The molecule has 1 N–H and O–H groups in total. The highest BCUT2D eigenvalue weighted by atomic mass is 32.1. The van der Waals surface area contributed by atoms with Gasteiger partial charge in [0, 0.05) is 24.5 Å². The molecule has 0 spiro atoms. The molecule has 0 unspecified atom stereocenters. The molecule has 0 saturated carbocycles. The lowest BCUT2D eigenvalue weighted by Crippen LogP contribution is -2.35. The predicted molar refractivity (Wildman–Crippen MR) is 79.7 cm³/mol. The highest BCUT2D eigenvalue weighted by molar-refractivity contribution is 7.11. The average molecular weight is 283 g/mol. The molecular formula is C14H25N3OS. The quantitative estimate of drug-likeness (QED) is 0.868. The highest BCUT2D eigenvalue weighted by Gasteiger charge is 2.17. The average Bonchev–Trinajstić information content (AvgIpc) is 2.80. The van der Waals surface area contributed by atoms with Crippen molar-refractivity contribution in [3.63, 3.8) is 0 Å². The van der Waals surface area contributed by atoms with Crippen LogP contribution in [0.1, 0.15) is 42.3 Å². The van der Waals surface area contributed by atoms with Crippen LogP contribution in [-0.4, -0.2) is 42.7 Å². The summed E-state index contributed by atoms with van der Waals surface area (Å²) in [5.41, 5.74) is 1.27. The molecule has 5 heteroatoms. The lowest BCUT2D eigenvalue weighted by Gasteiger charge is -2.25. The van der Waals surface area contributed by atoms with Crippen molar-refractivity contribution >= 4 is 11.3 Å². The first kappa shape index (κ1) is 14.9. The second-order valence-electron chi connectivity index (χ2n) is 5.24. The van der Waals surface area contributed by atoms with Gasteiger partial charge in [0.15, 0.2) is 0 Å². The van der Waals surface area contributed by atoms with Gasteiger partial charge in [-0.2, -0.15) is 0 Å². The second-order valence-corrected chi connectivity index (χ2v) is 6.41.